The standard InChI is InChI=1S/C14H29NO2/c1-13(2)3-4-14-5-7-15(8-6-14)9-11-17-12-10-16/h13-14,16H,3-12H2,1-2H3. The minimum atomic E-state index is 0.136. The fourth-order valence-corrected chi connectivity index (χ4v) is 2.43. The fourth-order valence-electron chi connectivity index (χ4n) is 2.43. The number of ether oxygens (including phenoxy) is 1. The van der Waals surface area contributed by atoms with Crippen molar-refractivity contribution in [2.45, 2.75) is 39.5 Å². The molecule has 1 heterocycles. The van der Waals surface area contributed by atoms with Gasteiger partial charge in [0.2, 0.25) is 0 Å². The molecule has 1 fully saturated rings. The van der Waals surface area contributed by atoms with Gasteiger partial charge in [0, 0.05) is 6.54 Å². The van der Waals surface area contributed by atoms with E-state index in [-0.39, 0.29) is 6.61 Å². The molecule has 1 saturated heterocycles. The third-order valence-electron chi connectivity index (χ3n) is 3.65. The third-order valence-corrected chi connectivity index (χ3v) is 3.65. The summed E-state index contributed by atoms with van der Waals surface area (Å²) in [5.41, 5.74) is 0. The molecular formula is C14H29NO2. The van der Waals surface area contributed by atoms with Gasteiger partial charge in [-0.1, -0.05) is 26.7 Å². The Balaban J connectivity index is 2.01. The lowest BCUT2D eigenvalue weighted by atomic mass is 9.90. The maximum atomic E-state index is 8.60. The Morgan fingerprint density at radius 3 is 2.53 bits per heavy atom. The van der Waals surface area contributed by atoms with Gasteiger partial charge in [-0.25, -0.2) is 0 Å². The van der Waals surface area contributed by atoms with E-state index < -0.39 is 0 Å². The molecule has 0 atom stereocenters. The molecule has 3 heteroatoms. The largest absolute Gasteiger partial charge is 0.394 e. The molecule has 1 aliphatic rings. The first-order chi connectivity index (χ1) is 8.22. The molecule has 1 N–H and O–H groups in total. The number of aliphatic hydroxyl groups is 1. The van der Waals surface area contributed by atoms with Gasteiger partial charge in [-0.15, -0.1) is 0 Å². The van der Waals surface area contributed by atoms with E-state index in [2.05, 4.69) is 18.7 Å². The first kappa shape index (κ1) is 14.9. The number of piperidine rings is 1. The Labute approximate surface area is 106 Å². The second kappa shape index (κ2) is 8.90. The zero-order valence-corrected chi connectivity index (χ0v) is 11.5. The monoisotopic (exact) mass is 243 g/mol. The third kappa shape index (κ3) is 7.02. The molecule has 0 unspecified atom stereocenters. The molecule has 0 amide bonds. The first-order valence-electron chi connectivity index (χ1n) is 7.13. The van der Waals surface area contributed by atoms with Gasteiger partial charge >= 0.3 is 0 Å². The molecule has 0 spiro atoms. The van der Waals surface area contributed by atoms with Gasteiger partial charge in [-0.05, 0) is 37.8 Å². The van der Waals surface area contributed by atoms with Crippen molar-refractivity contribution in [3.63, 3.8) is 0 Å². The summed E-state index contributed by atoms with van der Waals surface area (Å²) in [7, 11) is 0. The number of hydrogen-bond donors (Lipinski definition) is 1. The Bertz CT molecular complexity index is 177. The van der Waals surface area contributed by atoms with Crippen LogP contribution in [0, 0.1) is 11.8 Å². The van der Waals surface area contributed by atoms with Crippen LogP contribution in [-0.2, 0) is 4.74 Å². The zero-order valence-electron chi connectivity index (χ0n) is 11.5. The summed E-state index contributed by atoms with van der Waals surface area (Å²) in [6, 6.07) is 0. The van der Waals surface area contributed by atoms with Gasteiger partial charge in [0.25, 0.3) is 0 Å². The SMILES string of the molecule is CC(C)CCC1CCN(CCOCCO)CC1. The number of aliphatic hydroxyl groups excluding tert-OH is 1. The van der Waals surface area contributed by atoms with E-state index in [1.807, 2.05) is 0 Å². The second-order valence-electron chi connectivity index (χ2n) is 5.59. The van der Waals surface area contributed by atoms with Gasteiger partial charge in [0.15, 0.2) is 0 Å². The van der Waals surface area contributed by atoms with Crippen molar-refractivity contribution in [2.24, 2.45) is 11.8 Å². The van der Waals surface area contributed by atoms with Crippen LogP contribution < -0.4 is 0 Å². The van der Waals surface area contributed by atoms with E-state index in [0.29, 0.717) is 6.61 Å². The van der Waals surface area contributed by atoms with E-state index in [9.17, 15) is 0 Å². The summed E-state index contributed by atoms with van der Waals surface area (Å²) in [4.78, 5) is 2.49. The molecule has 0 radical (unpaired) electrons. The normalized spacial score (nSPS) is 19.1. The highest BCUT2D eigenvalue weighted by atomic mass is 16.5. The predicted molar refractivity (Wildman–Crippen MR) is 71.1 cm³/mol. The fraction of sp³-hybridized carbons (Fsp3) is 1.00. The van der Waals surface area contributed by atoms with Crippen LogP contribution in [0.25, 0.3) is 0 Å². The predicted octanol–water partition coefficient (Wildman–Crippen LogP) is 2.14. The molecule has 17 heavy (non-hydrogen) atoms. The van der Waals surface area contributed by atoms with Crippen molar-refractivity contribution in [1.29, 1.82) is 0 Å². The van der Waals surface area contributed by atoms with Crippen molar-refractivity contribution >= 4 is 0 Å². The summed E-state index contributed by atoms with van der Waals surface area (Å²) in [5, 5.41) is 8.60. The van der Waals surface area contributed by atoms with Crippen LogP contribution in [0.5, 0.6) is 0 Å². The molecule has 0 saturated carbocycles. The highest BCUT2D eigenvalue weighted by Crippen LogP contribution is 2.23. The van der Waals surface area contributed by atoms with E-state index >= 15 is 0 Å². The van der Waals surface area contributed by atoms with Crippen LogP contribution >= 0.6 is 0 Å². The molecule has 3 nitrogen and oxygen atoms in total. The first-order valence-corrected chi connectivity index (χ1v) is 7.13. The van der Waals surface area contributed by atoms with Crippen LogP contribution in [0.4, 0.5) is 0 Å². The van der Waals surface area contributed by atoms with E-state index in [1.54, 1.807) is 0 Å². The molecule has 0 aromatic carbocycles. The van der Waals surface area contributed by atoms with E-state index in [0.717, 1.165) is 25.0 Å². The number of nitrogens with zero attached hydrogens (tertiary/aromatic N) is 1. The lowest BCUT2D eigenvalue weighted by Gasteiger charge is -2.32. The van der Waals surface area contributed by atoms with Crippen molar-refractivity contribution in [3.05, 3.63) is 0 Å². The van der Waals surface area contributed by atoms with Crippen molar-refractivity contribution < 1.29 is 9.84 Å². The average molecular weight is 243 g/mol. The van der Waals surface area contributed by atoms with Crippen molar-refractivity contribution in [1.82, 2.24) is 4.90 Å². The maximum Gasteiger partial charge on any atom is 0.0698 e. The Kier molecular flexibility index (Phi) is 7.82. The molecule has 102 valence electrons. The maximum absolute atomic E-state index is 8.60. The van der Waals surface area contributed by atoms with Gasteiger partial charge in [-0.3, -0.25) is 0 Å². The number of likely N-dealkylation sites (tertiary alicyclic amines) is 1. The van der Waals surface area contributed by atoms with Crippen LogP contribution in [0.2, 0.25) is 0 Å². The quantitative estimate of drug-likeness (QED) is 0.663. The summed E-state index contributed by atoms with van der Waals surface area (Å²) in [6.45, 7) is 9.48. The Morgan fingerprint density at radius 1 is 1.24 bits per heavy atom. The van der Waals surface area contributed by atoms with Crippen LogP contribution in [0.1, 0.15) is 39.5 Å². The molecular weight excluding hydrogens is 214 g/mol. The Hall–Kier alpha value is -0.120. The van der Waals surface area contributed by atoms with Crippen molar-refractivity contribution in [2.75, 3.05) is 39.5 Å². The molecule has 0 bridgehead atoms. The minimum absolute atomic E-state index is 0.136. The van der Waals surface area contributed by atoms with E-state index in [1.165, 1.54) is 38.8 Å². The average Bonchev–Trinajstić information content (AvgIpc) is 2.33. The number of rotatable bonds is 8. The molecule has 0 aromatic heterocycles. The van der Waals surface area contributed by atoms with Gasteiger partial charge in [0.05, 0.1) is 19.8 Å². The second-order valence-corrected chi connectivity index (χ2v) is 5.59. The molecule has 0 aromatic rings. The van der Waals surface area contributed by atoms with Crippen LogP contribution in [0.15, 0.2) is 0 Å². The van der Waals surface area contributed by atoms with Crippen LogP contribution in [0.3, 0.4) is 0 Å². The topological polar surface area (TPSA) is 32.7 Å². The van der Waals surface area contributed by atoms with Crippen LogP contribution in [-0.4, -0.2) is 49.5 Å². The summed E-state index contributed by atoms with van der Waals surface area (Å²) in [5.74, 6) is 1.80. The number of hydrogen-bond acceptors (Lipinski definition) is 3. The zero-order chi connectivity index (χ0) is 12.5. The highest BCUT2D eigenvalue weighted by Gasteiger charge is 2.18. The smallest absolute Gasteiger partial charge is 0.0698 e. The van der Waals surface area contributed by atoms with Gasteiger partial charge in [-0.2, -0.15) is 0 Å². The summed E-state index contributed by atoms with van der Waals surface area (Å²) in [6.07, 6.45) is 5.50. The van der Waals surface area contributed by atoms with Gasteiger partial charge in [0.1, 0.15) is 0 Å². The van der Waals surface area contributed by atoms with Gasteiger partial charge < -0.3 is 14.7 Å². The summed E-state index contributed by atoms with van der Waals surface area (Å²) >= 11 is 0. The molecule has 1 rings (SSSR count). The molecule has 0 aliphatic carbocycles. The minimum Gasteiger partial charge on any atom is -0.394 e. The van der Waals surface area contributed by atoms with E-state index in [4.69, 9.17) is 9.84 Å². The summed E-state index contributed by atoms with van der Waals surface area (Å²) < 4.78 is 5.30. The lowest BCUT2D eigenvalue weighted by Crippen LogP contribution is -2.36. The molecule has 1 aliphatic heterocycles. The lowest BCUT2D eigenvalue weighted by molar-refractivity contribution is 0.0640. The van der Waals surface area contributed by atoms with Crippen molar-refractivity contribution in [3.8, 4) is 0 Å². The highest BCUT2D eigenvalue weighted by molar-refractivity contribution is 4.72. The Morgan fingerprint density at radius 2 is 1.94 bits per heavy atom.